The molecule has 0 radical (unpaired) electrons. The van der Waals surface area contributed by atoms with Crippen molar-refractivity contribution in [1.29, 1.82) is 0 Å². The summed E-state index contributed by atoms with van der Waals surface area (Å²) in [4.78, 5) is -1.22. The van der Waals surface area contributed by atoms with Crippen molar-refractivity contribution in [2.24, 2.45) is 28.0 Å². The first kappa shape index (κ1) is 33.6. The highest BCUT2D eigenvalue weighted by Gasteiger charge is 2.44. The minimum absolute atomic E-state index is 0.0176. The van der Waals surface area contributed by atoms with Crippen molar-refractivity contribution in [1.82, 2.24) is 9.03 Å². The number of fused-ring (bicyclic) bond motifs is 4. The second kappa shape index (κ2) is 11.5. The van der Waals surface area contributed by atoms with Gasteiger partial charge in [-0.25, -0.2) is 43.9 Å². The number of alkyl halides is 1. The van der Waals surface area contributed by atoms with E-state index in [1.54, 1.807) is 0 Å². The van der Waals surface area contributed by atoms with E-state index in [-0.39, 0.29) is 37.3 Å². The van der Waals surface area contributed by atoms with Crippen LogP contribution in [0.25, 0.3) is 0 Å². The number of primary sulfonamides is 2. The van der Waals surface area contributed by atoms with Gasteiger partial charge in [-0.1, -0.05) is 35.4 Å². The van der Waals surface area contributed by atoms with E-state index in [0.717, 1.165) is 29.3 Å². The summed E-state index contributed by atoms with van der Waals surface area (Å²) in [6, 6.07) is 4.46. The molecule has 7 N–H and O–H groups in total. The number of halogens is 3. The van der Waals surface area contributed by atoms with Crippen LogP contribution in [-0.2, 0) is 40.1 Å². The number of nitrogens with one attached hydrogen (secondary N) is 3. The molecule has 2 aromatic rings. The molecule has 44 heavy (non-hydrogen) atoms. The van der Waals surface area contributed by atoms with E-state index < -0.39 is 62.2 Å². The summed E-state index contributed by atoms with van der Waals surface area (Å²) in [7, 11) is -14.6. The van der Waals surface area contributed by atoms with Crippen LogP contribution in [0.5, 0.6) is 0 Å². The standard InChI is InChI=1S/C14H16ClN3O4S2.C9H11Cl2N3O4S2/c15-10-5-11-13(6-12(10)23(16,19)20)24(21,22)18-14(17-11)9-4-7-1-2-8(9)3-7;1-14-9(4-10)13-6-2-5(11)7(19(12,15)16)3-8(6)20(14,17)18/h1-2,5-9,14,17-18H,3-4H2,(H2,16,19,20);2-3,9,13H,4H2,1H3,(H2,12,15,16). The van der Waals surface area contributed by atoms with Crippen molar-refractivity contribution in [2.45, 2.75) is 44.8 Å². The Hall–Kier alpha value is -1.71. The van der Waals surface area contributed by atoms with Gasteiger partial charge in [-0.05, 0) is 48.9 Å². The van der Waals surface area contributed by atoms with Gasteiger partial charge in [0.2, 0.25) is 40.1 Å². The SMILES string of the molecule is CN1C(CCl)Nc2cc(Cl)c(S(N)(=O)=O)cc2S1(=O)=O.NS(=O)(=O)c1cc2c(cc1Cl)NC(C1CC3C=CC1C3)NS2(=O)=O. The number of hydrogen-bond acceptors (Lipinski definition) is 10. The molecule has 2 aromatic carbocycles. The fraction of sp³-hybridized carbons (Fsp3) is 0.391. The molecular formula is C23H27Cl3N6O8S4. The van der Waals surface area contributed by atoms with Gasteiger partial charge in [0.15, 0.2) is 0 Å². The molecule has 1 fully saturated rings. The van der Waals surface area contributed by atoms with E-state index >= 15 is 0 Å². The number of rotatable bonds is 4. The molecular weight excluding hydrogens is 723 g/mol. The van der Waals surface area contributed by atoms with Crippen LogP contribution in [0.4, 0.5) is 11.4 Å². The molecule has 0 aromatic heterocycles. The van der Waals surface area contributed by atoms with Gasteiger partial charge in [0.1, 0.15) is 25.7 Å². The molecule has 2 aliphatic heterocycles. The lowest BCUT2D eigenvalue weighted by Gasteiger charge is -2.35. The van der Waals surface area contributed by atoms with E-state index in [4.69, 9.17) is 45.1 Å². The second-order valence-electron chi connectivity index (χ2n) is 10.7. The van der Waals surface area contributed by atoms with Crippen LogP contribution in [0.3, 0.4) is 0 Å². The second-order valence-corrected chi connectivity index (χ2v) is 18.5. The van der Waals surface area contributed by atoms with E-state index in [9.17, 15) is 33.7 Å². The summed E-state index contributed by atoms with van der Waals surface area (Å²) in [5, 5.41) is 15.9. The van der Waals surface area contributed by atoms with Crippen LogP contribution < -0.4 is 25.6 Å². The van der Waals surface area contributed by atoms with Gasteiger partial charge in [0.05, 0.1) is 33.5 Å². The van der Waals surface area contributed by atoms with Crippen molar-refractivity contribution in [3.63, 3.8) is 0 Å². The first-order valence-corrected chi connectivity index (χ1v) is 20.0. The first-order chi connectivity index (χ1) is 20.2. The highest BCUT2D eigenvalue weighted by molar-refractivity contribution is 7.90. The summed E-state index contributed by atoms with van der Waals surface area (Å²) in [5.74, 6) is 1.01. The van der Waals surface area contributed by atoms with Crippen LogP contribution in [0.15, 0.2) is 56.0 Å². The molecule has 242 valence electrons. The summed E-state index contributed by atoms with van der Waals surface area (Å²) in [5.41, 5.74) is 0.481. The molecule has 5 unspecified atom stereocenters. The predicted molar refractivity (Wildman–Crippen MR) is 165 cm³/mol. The van der Waals surface area contributed by atoms with Crippen molar-refractivity contribution in [2.75, 3.05) is 23.6 Å². The third-order valence-corrected chi connectivity index (χ3v) is 14.3. The molecule has 21 heteroatoms. The van der Waals surface area contributed by atoms with E-state index in [1.165, 1.54) is 19.2 Å². The molecule has 2 heterocycles. The lowest BCUT2D eigenvalue weighted by molar-refractivity contribution is 0.363. The van der Waals surface area contributed by atoms with Crippen LogP contribution in [0, 0.1) is 17.8 Å². The van der Waals surface area contributed by atoms with E-state index in [1.807, 2.05) is 0 Å². The zero-order chi connectivity index (χ0) is 32.6. The van der Waals surface area contributed by atoms with Crippen molar-refractivity contribution in [3.05, 3.63) is 46.5 Å². The maximum Gasteiger partial charge on any atom is 0.246 e. The summed E-state index contributed by atoms with van der Waals surface area (Å²) >= 11 is 17.5. The maximum absolute atomic E-state index is 12.6. The minimum atomic E-state index is -4.12. The molecule has 4 aliphatic rings. The number of sulfonamides is 4. The Morgan fingerprint density at radius 3 is 1.89 bits per heavy atom. The lowest BCUT2D eigenvalue weighted by Crippen LogP contribution is -2.50. The molecule has 14 nitrogen and oxygen atoms in total. The summed E-state index contributed by atoms with van der Waals surface area (Å²) < 4.78 is 99.4. The van der Waals surface area contributed by atoms with Crippen LogP contribution in [0.2, 0.25) is 10.0 Å². The van der Waals surface area contributed by atoms with Gasteiger partial charge in [-0.3, -0.25) is 0 Å². The summed E-state index contributed by atoms with van der Waals surface area (Å²) in [6.07, 6.45) is 5.19. The van der Waals surface area contributed by atoms with Gasteiger partial charge in [0.25, 0.3) is 0 Å². The Morgan fingerprint density at radius 1 is 0.864 bits per heavy atom. The first-order valence-electron chi connectivity index (χ1n) is 12.7. The topological polar surface area (TPSA) is 228 Å². The smallest absolute Gasteiger partial charge is 0.246 e. The average molecular weight is 750 g/mol. The Kier molecular flexibility index (Phi) is 8.81. The Bertz CT molecular complexity index is 2010. The number of anilines is 2. The highest BCUT2D eigenvalue weighted by atomic mass is 35.5. The number of hydrogen-bond donors (Lipinski definition) is 5. The fourth-order valence-corrected chi connectivity index (χ4v) is 11.2. The third-order valence-electron chi connectivity index (χ3n) is 7.89. The third kappa shape index (κ3) is 6.18. The lowest BCUT2D eigenvalue weighted by atomic mass is 9.91. The molecule has 5 atom stereocenters. The zero-order valence-corrected chi connectivity index (χ0v) is 28.1. The molecule has 0 saturated heterocycles. The Balaban J connectivity index is 0.000000178. The molecule has 1 saturated carbocycles. The fourth-order valence-electron chi connectivity index (χ4n) is 5.72. The molecule has 6 rings (SSSR count). The quantitative estimate of drug-likeness (QED) is 0.225. The molecule has 2 aliphatic carbocycles. The largest absolute Gasteiger partial charge is 0.368 e. The van der Waals surface area contributed by atoms with Gasteiger partial charge in [-0.2, -0.15) is 9.03 Å². The average Bonchev–Trinajstić information content (AvgIpc) is 3.53. The molecule has 0 spiro atoms. The van der Waals surface area contributed by atoms with Crippen LogP contribution in [0.1, 0.15) is 12.8 Å². The van der Waals surface area contributed by atoms with Gasteiger partial charge < -0.3 is 10.6 Å². The van der Waals surface area contributed by atoms with Gasteiger partial charge >= 0.3 is 0 Å². The van der Waals surface area contributed by atoms with Gasteiger partial charge in [-0.15, -0.1) is 11.6 Å². The van der Waals surface area contributed by atoms with E-state index in [2.05, 4.69) is 27.5 Å². The van der Waals surface area contributed by atoms with E-state index in [0.29, 0.717) is 17.5 Å². The predicted octanol–water partition coefficient (Wildman–Crippen LogP) is 1.83. The molecule has 2 bridgehead atoms. The molecule has 0 amide bonds. The van der Waals surface area contributed by atoms with Crippen LogP contribution in [-0.4, -0.2) is 63.2 Å². The Morgan fingerprint density at radius 2 is 1.41 bits per heavy atom. The highest BCUT2D eigenvalue weighted by Crippen LogP contribution is 2.46. The van der Waals surface area contributed by atoms with Gasteiger partial charge in [0, 0.05) is 13.0 Å². The number of allylic oxidation sites excluding steroid dienone is 2. The zero-order valence-electron chi connectivity index (χ0n) is 22.6. The van der Waals surface area contributed by atoms with Crippen molar-refractivity contribution < 1.29 is 33.7 Å². The number of nitrogens with zero attached hydrogens (tertiary/aromatic N) is 1. The normalized spacial score (nSPS) is 28.2. The summed E-state index contributed by atoms with van der Waals surface area (Å²) in [6.45, 7) is 0. The van der Waals surface area contributed by atoms with Crippen molar-refractivity contribution in [3.8, 4) is 0 Å². The monoisotopic (exact) mass is 748 g/mol. The maximum atomic E-state index is 12.6. The van der Waals surface area contributed by atoms with Crippen LogP contribution >= 0.6 is 34.8 Å². The Labute approximate surface area is 270 Å². The number of benzene rings is 2. The minimum Gasteiger partial charge on any atom is -0.368 e. The number of nitrogens with two attached hydrogens (primary N) is 2. The van der Waals surface area contributed by atoms with Crippen molar-refractivity contribution >= 4 is 86.3 Å².